The molecule has 0 amide bonds. The molecule has 2 rings (SSSR count). The molecule has 0 fully saturated rings. The van der Waals surface area contributed by atoms with Gasteiger partial charge in [-0.25, -0.2) is 8.42 Å². The molecule has 0 saturated heterocycles. The lowest BCUT2D eigenvalue weighted by molar-refractivity contribution is 0.174. The minimum atomic E-state index is -3.08. The lowest BCUT2D eigenvalue weighted by atomic mass is 10.1. The van der Waals surface area contributed by atoms with Gasteiger partial charge in [0.25, 0.3) is 0 Å². The molecule has 7 nitrogen and oxygen atoms in total. The van der Waals surface area contributed by atoms with E-state index in [1.165, 1.54) is 6.26 Å². The third kappa shape index (κ3) is 4.77. The number of benzene rings is 1. The predicted molar refractivity (Wildman–Crippen MR) is 86.8 cm³/mol. The van der Waals surface area contributed by atoms with E-state index in [9.17, 15) is 8.42 Å². The number of nitrogens with zero attached hydrogens (tertiary/aromatic N) is 2. The van der Waals surface area contributed by atoms with Gasteiger partial charge in [-0.3, -0.25) is 0 Å². The molecule has 0 aliphatic heterocycles. The number of methoxy groups -OCH3 is 1. The molecule has 8 heteroatoms. The molecule has 0 aliphatic carbocycles. The molecule has 1 heterocycles. The Bertz CT molecular complexity index is 771. The second-order valence-electron chi connectivity index (χ2n) is 5.51. The zero-order valence-corrected chi connectivity index (χ0v) is 14.5. The van der Waals surface area contributed by atoms with E-state index in [2.05, 4.69) is 15.5 Å². The molecule has 1 aromatic heterocycles. The van der Waals surface area contributed by atoms with Crippen molar-refractivity contribution in [2.45, 2.75) is 32.2 Å². The summed E-state index contributed by atoms with van der Waals surface area (Å²) < 4.78 is 33.2. The average Bonchev–Trinajstić information content (AvgIpc) is 2.91. The van der Waals surface area contributed by atoms with Crippen LogP contribution in [0.2, 0.25) is 0 Å². The first-order valence-electron chi connectivity index (χ1n) is 7.14. The second kappa shape index (κ2) is 7.10. The molecule has 23 heavy (non-hydrogen) atoms. The van der Waals surface area contributed by atoms with Crippen molar-refractivity contribution in [1.29, 1.82) is 0 Å². The monoisotopic (exact) mass is 339 g/mol. The number of rotatable bonds is 7. The minimum absolute atomic E-state index is 0.0152. The lowest BCUT2D eigenvalue weighted by Gasteiger charge is -2.16. The van der Waals surface area contributed by atoms with Crippen LogP contribution in [-0.4, -0.2) is 31.9 Å². The van der Waals surface area contributed by atoms with Crippen LogP contribution < -0.4 is 5.32 Å². The number of anilines is 1. The molecule has 126 valence electrons. The van der Waals surface area contributed by atoms with Gasteiger partial charge in [-0.2, -0.15) is 4.98 Å². The molecule has 2 aromatic rings. The maximum absolute atomic E-state index is 11.5. The van der Waals surface area contributed by atoms with Gasteiger partial charge >= 0.3 is 0 Å². The van der Waals surface area contributed by atoms with Gasteiger partial charge in [0, 0.05) is 19.1 Å². The summed E-state index contributed by atoms with van der Waals surface area (Å²) in [7, 11) is -1.52. The van der Waals surface area contributed by atoms with Gasteiger partial charge in [0.2, 0.25) is 5.89 Å². The molecule has 0 spiro atoms. The van der Waals surface area contributed by atoms with Crippen molar-refractivity contribution < 1.29 is 17.7 Å². The molecule has 1 aromatic carbocycles. The maximum Gasteiger partial charge on any atom is 0.248 e. The fourth-order valence-corrected chi connectivity index (χ4v) is 3.08. The van der Waals surface area contributed by atoms with Gasteiger partial charge in [0.15, 0.2) is 15.7 Å². The normalized spacial score (nSPS) is 13.0. The molecular weight excluding hydrogens is 318 g/mol. The van der Waals surface area contributed by atoms with E-state index in [0.29, 0.717) is 18.3 Å². The Labute approximate surface area is 136 Å². The van der Waals surface area contributed by atoms with Crippen molar-refractivity contribution in [3.63, 3.8) is 0 Å². The van der Waals surface area contributed by atoms with Gasteiger partial charge < -0.3 is 14.6 Å². The standard InChI is InChI=1S/C15H21N3O4S/c1-10-12(9-23(4,19)20)6-5-7-13(10)16-11(2)15-17-14(8-21-3)18-22-15/h5-7,11,16H,8-9H2,1-4H3. The molecule has 0 radical (unpaired) electrons. The SMILES string of the molecule is COCc1noc(C(C)Nc2cccc(CS(C)(=O)=O)c2C)n1. The van der Waals surface area contributed by atoms with Crippen LogP contribution in [0.1, 0.15) is 35.8 Å². The Balaban J connectivity index is 2.17. The van der Waals surface area contributed by atoms with Gasteiger partial charge in [-0.1, -0.05) is 17.3 Å². The highest BCUT2D eigenvalue weighted by Crippen LogP contribution is 2.24. The molecule has 0 saturated carbocycles. The van der Waals surface area contributed by atoms with Gasteiger partial charge in [0.1, 0.15) is 12.6 Å². The van der Waals surface area contributed by atoms with E-state index in [1.54, 1.807) is 7.11 Å². The van der Waals surface area contributed by atoms with E-state index >= 15 is 0 Å². The molecule has 0 bridgehead atoms. The summed E-state index contributed by atoms with van der Waals surface area (Å²) in [5, 5.41) is 7.10. The Morgan fingerprint density at radius 2 is 2.13 bits per heavy atom. The van der Waals surface area contributed by atoms with Crippen molar-refractivity contribution in [3.8, 4) is 0 Å². The van der Waals surface area contributed by atoms with Crippen molar-refractivity contribution in [3.05, 3.63) is 41.0 Å². The molecule has 1 unspecified atom stereocenters. The highest BCUT2D eigenvalue weighted by molar-refractivity contribution is 7.89. The quantitative estimate of drug-likeness (QED) is 0.826. The van der Waals surface area contributed by atoms with Crippen LogP contribution in [0.5, 0.6) is 0 Å². The average molecular weight is 339 g/mol. The summed E-state index contributed by atoms with van der Waals surface area (Å²) >= 11 is 0. The fraction of sp³-hybridized carbons (Fsp3) is 0.467. The fourth-order valence-electron chi connectivity index (χ4n) is 2.20. The van der Waals surface area contributed by atoms with Gasteiger partial charge in [0.05, 0.1) is 5.75 Å². The first-order valence-corrected chi connectivity index (χ1v) is 9.20. The molecule has 0 aliphatic rings. The van der Waals surface area contributed by atoms with Crippen LogP contribution in [0, 0.1) is 6.92 Å². The first kappa shape index (κ1) is 17.4. The minimum Gasteiger partial charge on any atom is -0.377 e. The topological polar surface area (TPSA) is 94.3 Å². The summed E-state index contributed by atoms with van der Waals surface area (Å²) in [6, 6.07) is 5.33. The number of nitrogens with one attached hydrogen (secondary N) is 1. The first-order chi connectivity index (χ1) is 10.8. The molecule has 1 N–H and O–H groups in total. The number of aromatic nitrogens is 2. The predicted octanol–water partition coefficient (Wildman–Crippen LogP) is 2.24. The zero-order chi connectivity index (χ0) is 17.0. The van der Waals surface area contributed by atoms with Crippen LogP contribution in [0.3, 0.4) is 0 Å². The zero-order valence-electron chi connectivity index (χ0n) is 13.7. The number of hydrogen-bond acceptors (Lipinski definition) is 7. The molecule has 1 atom stereocenters. The Morgan fingerprint density at radius 3 is 2.78 bits per heavy atom. The van der Waals surface area contributed by atoms with Gasteiger partial charge in [-0.05, 0) is 31.0 Å². The van der Waals surface area contributed by atoms with Crippen LogP contribution in [0.25, 0.3) is 0 Å². The number of ether oxygens (including phenoxy) is 1. The third-order valence-electron chi connectivity index (χ3n) is 3.36. The molecular formula is C15H21N3O4S. The summed E-state index contributed by atoms with van der Waals surface area (Å²) in [6.07, 6.45) is 1.23. The third-order valence-corrected chi connectivity index (χ3v) is 4.20. The van der Waals surface area contributed by atoms with Crippen molar-refractivity contribution in [2.24, 2.45) is 0 Å². The van der Waals surface area contributed by atoms with Crippen LogP contribution in [-0.2, 0) is 26.9 Å². The van der Waals surface area contributed by atoms with Crippen LogP contribution in [0.15, 0.2) is 22.7 Å². The highest BCUT2D eigenvalue weighted by atomic mass is 32.2. The smallest absolute Gasteiger partial charge is 0.248 e. The summed E-state index contributed by atoms with van der Waals surface area (Å²) in [5.74, 6) is 0.949. The Hall–Kier alpha value is -1.93. The summed E-state index contributed by atoms with van der Waals surface area (Å²) in [6.45, 7) is 4.07. The van der Waals surface area contributed by atoms with Crippen molar-refractivity contribution >= 4 is 15.5 Å². The van der Waals surface area contributed by atoms with Crippen LogP contribution >= 0.6 is 0 Å². The largest absolute Gasteiger partial charge is 0.377 e. The Morgan fingerprint density at radius 1 is 1.39 bits per heavy atom. The second-order valence-corrected chi connectivity index (χ2v) is 7.65. The Kier molecular flexibility index (Phi) is 5.38. The van der Waals surface area contributed by atoms with E-state index < -0.39 is 9.84 Å². The van der Waals surface area contributed by atoms with E-state index in [4.69, 9.17) is 9.26 Å². The summed E-state index contributed by atoms with van der Waals surface area (Å²) in [4.78, 5) is 4.25. The van der Waals surface area contributed by atoms with E-state index in [-0.39, 0.29) is 11.8 Å². The van der Waals surface area contributed by atoms with Crippen molar-refractivity contribution in [2.75, 3.05) is 18.7 Å². The van der Waals surface area contributed by atoms with Gasteiger partial charge in [-0.15, -0.1) is 0 Å². The van der Waals surface area contributed by atoms with Crippen molar-refractivity contribution in [1.82, 2.24) is 10.1 Å². The number of hydrogen-bond donors (Lipinski definition) is 1. The number of sulfone groups is 1. The van der Waals surface area contributed by atoms with E-state index in [0.717, 1.165) is 16.8 Å². The summed E-state index contributed by atoms with van der Waals surface area (Å²) in [5.41, 5.74) is 2.50. The van der Waals surface area contributed by atoms with E-state index in [1.807, 2.05) is 32.0 Å². The van der Waals surface area contributed by atoms with Crippen LogP contribution in [0.4, 0.5) is 5.69 Å². The maximum atomic E-state index is 11.5. The lowest BCUT2D eigenvalue weighted by Crippen LogP contribution is -2.10. The highest BCUT2D eigenvalue weighted by Gasteiger charge is 2.16.